The van der Waals surface area contributed by atoms with Gasteiger partial charge in [0.15, 0.2) is 0 Å². The summed E-state index contributed by atoms with van der Waals surface area (Å²) >= 11 is 0. The maximum Gasteiger partial charge on any atom is 0.122 e. The van der Waals surface area contributed by atoms with Gasteiger partial charge in [0.2, 0.25) is 0 Å². The van der Waals surface area contributed by atoms with E-state index < -0.39 is 0 Å². The summed E-state index contributed by atoms with van der Waals surface area (Å²) in [4.78, 5) is 9.60. The molecule has 0 N–H and O–H groups in total. The van der Waals surface area contributed by atoms with Crippen LogP contribution in [0.15, 0.2) is 24.5 Å². The van der Waals surface area contributed by atoms with Crippen molar-refractivity contribution in [2.75, 3.05) is 32.7 Å². The van der Waals surface area contributed by atoms with Gasteiger partial charge >= 0.3 is 0 Å². The molecule has 0 unspecified atom stereocenters. The van der Waals surface area contributed by atoms with Crippen LogP contribution in [0.3, 0.4) is 0 Å². The Morgan fingerprint density at radius 2 is 1.95 bits per heavy atom. The van der Waals surface area contributed by atoms with Crippen molar-refractivity contribution in [3.05, 3.63) is 30.4 Å². The molecule has 0 aromatic carbocycles. The molecule has 110 valence electrons. The molecule has 0 amide bonds. The first-order valence-electron chi connectivity index (χ1n) is 7.87. The second-order valence-electron chi connectivity index (χ2n) is 6.18. The molecule has 0 radical (unpaired) electrons. The Balaban J connectivity index is 1.42. The SMILES string of the molecule is Cn1ccnc1CN1CCN(C[C@@H]2CC=CCC2)CC1. The van der Waals surface area contributed by atoms with Crippen LogP contribution in [0.4, 0.5) is 0 Å². The van der Waals surface area contributed by atoms with Gasteiger partial charge in [-0.3, -0.25) is 4.90 Å². The third kappa shape index (κ3) is 3.49. The zero-order valence-electron chi connectivity index (χ0n) is 12.5. The largest absolute Gasteiger partial charge is 0.337 e. The highest BCUT2D eigenvalue weighted by molar-refractivity contribution is 4.93. The van der Waals surface area contributed by atoms with E-state index in [2.05, 4.69) is 38.6 Å². The Hall–Kier alpha value is -1.13. The van der Waals surface area contributed by atoms with Gasteiger partial charge in [0.25, 0.3) is 0 Å². The molecule has 1 aromatic heterocycles. The molecule has 1 aliphatic carbocycles. The van der Waals surface area contributed by atoms with E-state index in [1.165, 1.54) is 57.8 Å². The van der Waals surface area contributed by atoms with Gasteiger partial charge in [-0.25, -0.2) is 4.98 Å². The fraction of sp³-hybridized carbons (Fsp3) is 0.688. The highest BCUT2D eigenvalue weighted by Gasteiger charge is 2.21. The van der Waals surface area contributed by atoms with Gasteiger partial charge < -0.3 is 9.47 Å². The number of hydrogen-bond acceptors (Lipinski definition) is 3. The molecule has 2 heterocycles. The Labute approximate surface area is 122 Å². The number of aromatic nitrogens is 2. The molecule has 0 saturated carbocycles. The van der Waals surface area contributed by atoms with E-state index in [0.717, 1.165) is 12.5 Å². The predicted octanol–water partition coefficient (Wildman–Crippen LogP) is 1.89. The number of rotatable bonds is 4. The number of nitrogens with zero attached hydrogens (tertiary/aromatic N) is 4. The van der Waals surface area contributed by atoms with Crippen molar-refractivity contribution in [3.8, 4) is 0 Å². The van der Waals surface area contributed by atoms with Crippen LogP contribution >= 0.6 is 0 Å². The van der Waals surface area contributed by atoms with Crippen molar-refractivity contribution in [2.24, 2.45) is 13.0 Å². The van der Waals surface area contributed by atoms with Crippen molar-refractivity contribution in [3.63, 3.8) is 0 Å². The van der Waals surface area contributed by atoms with Gasteiger partial charge in [-0.2, -0.15) is 0 Å². The zero-order chi connectivity index (χ0) is 13.8. The molecule has 1 atom stereocenters. The van der Waals surface area contributed by atoms with E-state index >= 15 is 0 Å². The van der Waals surface area contributed by atoms with Gasteiger partial charge in [0, 0.05) is 52.2 Å². The average Bonchev–Trinajstić information content (AvgIpc) is 2.88. The zero-order valence-corrected chi connectivity index (χ0v) is 12.5. The van der Waals surface area contributed by atoms with Crippen LogP contribution in [0.25, 0.3) is 0 Å². The average molecular weight is 274 g/mol. The van der Waals surface area contributed by atoms with Crippen molar-refractivity contribution in [2.45, 2.75) is 25.8 Å². The summed E-state index contributed by atoms with van der Waals surface area (Å²) in [6.07, 6.45) is 12.6. The lowest BCUT2D eigenvalue weighted by Crippen LogP contribution is -2.47. The predicted molar refractivity (Wildman–Crippen MR) is 81.4 cm³/mol. The fourth-order valence-electron chi connectivity index (χ4n) is 3.27. The Bertz CT molecular complexity index is 443. The Morgan fingerprint density at radius 3 is 2.60 bits per heavy atom. The number of imidazole rings is 1. The summed E-state index contributed by atoms with van der Waals surface area (Å²) in [5, 5.41) is 0. The number of allylic oxidation sites excluding steroid dienone is 2. The summed E-state index contributed by atoms with van der Waals surface area (Å²) in [6.45, 7) is 7.06. The summed E-state index contributed by atoms with van der Waals surface area (Å²) in [5.41, 5.74) is 0. The molecule has 1 fully saturated rings. The van der Waals surface area contributed by atoms with Gasteiger partial charge in [0.1, 0.15) is 5.82 Å². The molecule has 0 bridgehead atoms. The van der Waals surface area contributed by atoms with Gasteiger partial charge in [0.05, 0.1) is 6.54 Å². The van der Waals surface area contributed by atoms with Crippen molar-refractivity contribution in [1.29, 1.82) is 0 Å². The first-order valence-corrected chi connectivity index (χ1v) is 7.87. The molecule has 4 nitrogen and oxygen atoms in total. The second-order valence-corrected chi connectivity index (χ2v) is 6.18. The third-order valence-electron chi connectivity index (χ3n) is 4.64. The topological polar surface area (TPSA) is 24.3 Å². The lowest BCUT2D eigenvalue weighted by Gasteiger charge is -2.36. The van der Waals surface area contributed by atoms with E-state index in [1.54, 1.807) is 0 Å². The van der Waals surface area contributed by atoms with Crippen LogP contribution in [0.2, 0.25) is 0 Å². The molecule has 4 heteroatoms. The van der Waals surface area contributed by atoms with Crippen molar-refractivity contribution in [1.82, 2.24) is 19.4 Å². The van der Waals surface area contributed by atoms with Crippen LogP contribution in [0.1, 0.15) is 25.1 Å². The van der Waals surface area contributed by atoms with E-state index in [9.17, 15) is 0 Å². The summed E-state index contributed by atoms with van der Waals surface area (Å²) in [6, 6.07) is 0. The minimum absolute atomic E-state index is 0.890. The standard InChI is InChI=1S/C16H26N4/c1-18-8-7-17-16(18)14-20-11-9-19(10-12-20)13-15-5-3-2-4-6-15/h2-3,7-8,15H,4-6,9-14H2,1H3/t15-/m1/s1. The van der Waals surface area contributed by atoms with E-state index in [-0.39, 0.29) is 0 Å². The van der Waals surface area contributed by atoms with Gasteiger partial charge in [-0.15, -0.1) is 0 Å². The quantitative estimate of drug-likeness (QED) is 0.784. The Kier molecular flexibility index (Phi) is 4.53. The smallest absolute Gasteiger partial charge is 0.122 e. The lowest BCUT2D eigenvalue weighted by atomic mass is 9.94. The van der Waals surface area contributed by atoms with Crippen LogP contribution in [-0.2, 0) is 13.6 Å². The summed E-state index contributed by atoms with van der Waals surface area (Å²) in [5.74, 6) is 2.07. The minimum atomic E-state index is 0.890. The van der Waals surface area contributed by atoms with Crippen LogP contribution < -0.4 is 0 Å². The maximum absolute atomic E-state index is 4.42. The normalized spacial score (nSPS) is 25.1. The van der Waals surface area contributed by atoms with Crippen LogP contribution in [-0.4, -0.2) is 52.1 Å². The third-order valence-corrected chi connectivity index (χ3v) is 4.64. The fourth-order valence-corrected chi connectivity index (χ4v) is 3.27. The number of hydrogen-bond donors (Lipinski definition) is 0. The van der Waals surface area contributed by atoms with E-state index in [4.69, 9.17) is 0 Å². The van der Waals surface area contributed by atoms with Crippen molar-refractivity contribution >= 4 is 0 Å². The first kappa shape index (κ1) is 13.8. The molecule has 0 spiro atoms. The molecular weight excluding hydrogens is 248 g/mol. The van der Waals surface area contributed by atoms with E-state index in [0.29, 0.717) is 0 Å². The second kappa shape index (κ2) is 6.55. The van der Waals surface area contributed by atoms with Crippen LogP contribution in [0, 0.1) is 5.92 Å². The first-order chi connectivity index (χ1) is 9.81. The van der Waals surface area contributed by atoms with Gasteiger partial charge in [-0.05, 0) is 25.2 Å². The molecule has 2 aliphatic rings. The molecule has 3 rings (SSSR count). The lowest BCUT2D eigenvalue weighted by molar-refractivity contribution is 0.109. The molecule has 1 saturated heterocycles. The highest BCUT2D eigenvalue weighted by Crippen LogP contribution is 2.20. The molecule has 1 aliphatic heterocycles. The Morgan fingerprint density at radius 1 is 1.15 bits per heavy atom. The molecule has 20 heavy (non-hydrogen) atoms. The number of piperazine rings is 1. The highest BCUT2D eigenvalue weighted by atomic mass is 15.3. The summed E-state index contributed by atoms with van der Waals surface area (Å²) < 4.78 is 2.13. The van der Waals surface area contributed by atoms with E-state index in [1.807, 2.05) is 12.4 Å². The molecular formula is C16H26N4. The maximum atomic E-state index is 4.42. The monoisotopic (exact) mass is 274 g/mol. The molecule has 1 aromatic rings. The van der Waals surface area contributed by atoms with Crippen LogP contribution in [0.5, 0.6) is 0 Å². The number of aryl methyl sites for hydroxylation is 1. The minimum Gasteiger partial charge on any atom is -0.337 e. The van der Waals surface area contributed by atoms with Crippen molar-refractivity contribution < 1.29 is 0 Å². The summed E-state index contributed by atoms with van der Waals surface area (Å²) in [7, 11) is 2.08. The van der Waals surface area contributed by atoms with Gasteiger partial charge in [-0.1, -0.05) is 12.2 Å².